The van der Waals surface area contributed by atoms with E-state index in [0.29, 0.717) is 4.72 Å². The molecule has 1 aliphatic rings. The van der Waals surface area contributed by atoms with Crippen LogP contribution in [0.25, 0.3) is 0 Å². The van der Waals surface area contributed by atoms with E-state index in [2.05, 4.69) is 23.4 Å². The molecule has 1 rings (SSSR count). The van der Waals surface area contributed by atoms with Crippen LogP contribution >= 0.6 is 0 Å². The molecular formula is C10H19CoF2O. The minimum absolute atomic E-state index is 0. The van der Waals surface area contributed by atoms with Gasteiger partial charge in [0.05, 0.1) is 0 Å². The standard InChI is InChI=1S/C6H5O.4CH3.Co.2FH/c7-5-6-3-1-2-4-6;;;;;;;/h1-3H,4H2;4*1H3;;2*1H. The molecule has 0 aliphatic heterocycles. The van der Waals surface area contributed by atoms with Crippen LogP contribution in [0, 0.1) is 0 Å². The van der Waals surface area contributed by atoms with Crippen molar-refractivity contribution in [3.63, 3.8) is 0 Å². The molecule has 0 amide bonds. The average molecular weight is 252 g/mol. The van der Waals surface area contributed by atoms with Crippen molar-refractivity contribution in [1.29, 1.82) is 0 Å². The fraction of sp³-hybridized carbons (Fsp3) is 0.500. The Hall–Kier alpha value is -0.484. The van der Waals surface area contributed by atoms with Gasteiger partial charge in [-0.05, 0) is 0 Å². The van der Waals surface area contributed by atoms with E-state index in [9.17, 15) is 4.79 Å². The maximum absolute atomic E-state index is 11.9. The summed E-state index contributed by atoms with van der Waals surface area (Å²) in [6.45, 7) is 0. The van der Waals surface area contributed by atoms with E-state index in [1.54, 1.807) is 0 Å². The number of allylic oxidation sites excluding steroid dienone is 4. The average Bonchev–Trinajstić information content (AvgIpc) is 2.32. The van der Waals surface area contributed by atoms with Crippen molar-refractivity contribution in [3.05, 3.63) is 23.8 Å². The molecule has 1 aliphatic carbocycles. The number of carbonyl (C=O) groups excluding carboxylic acids is 1. The second-order valence-electron chi connectivity index (χ2n) is 4.24. The van der Waals surface area contributed by atoms with Crippen molar-refractivity contribution in [2.75, 3.05) is 0 Å². The van der Waals surface area contributed by atoms with Crippen molar-refractivity contribution >= 4 is 4.72 Å². The number of halogens is 2. The van der Waals surface area contributed by atoms with E-state index in [0.717, 1.165) is 12.0 Å². The Labute approximate surface area is 84.6 Å². The third kappa shape index (κ3) is 3.71. The van der Waals surface area contributed by atoms with E-state index in [-0.39, 0.29) is 9.41 Å². The molecule has 0 unspecified atom stereocenters. The van der Waals surface area contributed by atoms with Gasteiger partial charge in [-0.3, -0.25) is 9.41 Å². The van der Waals surface area contributed by atoms with Crippen LogP contribution in [0.3, 0.4) is 0 Å². The first-order valence-corrected chi connectivity index (χ1v) is 8.36. The summed E-state index contributed by atoms with van der Waals surface area (Å²) >= 11 is -2.02. The van der Waals surface area contributed by atoms with Gasteiger partial charge in [0.25, 0.3) is 0 Å². The molecule has 0 bridgehead atoms. The zero-order chi connectivity index (χ0) is 9.43. The van der Waals surface area contributed by atoms with Crippen LogP contribution in [-0.2, 0) is 16.4 Å². The van der Waals surface area contributed by atoms with Gasteiger partial charge in [0, 0.05) is 0 Å². The van der Waals surface area contributed by atoms with Crippen molar-refractivity contribution in [1.82, 2.24) is 0 Å². The second-order valence-corrected chi connectivity index (χ2v) is 13.0. The molecule has 0 spiro atoms. The van der Waals surface area contributed by atoms with Gasteiger partial charge in [0.1, 0.15) is 0 Å². The van der Waals surface area contributed by atoms with Gasteiger partial charge < -0.3 is 0 Å². The Balaban J connectivity index is 0. The summed E-state index contributed by atoms with van der Waals surface area (Å²) in [4.78, 5) is 11.9. The molecule has 4 heteroatoms. The van der Waals surface area contributed by atoms with Crippen LogP contribution in [0.4, 0.5) is 9.41 Å². The monoisotopic (exact) mass is 252 g/mol. The first-order valence-electron chi connectivity index (χ1n) is 3.67. The van der Waals surface area contributed by atoms with Crippen molar-refractivity contribution in [2.24, 2.45) is 0 Å². The summed E-state index contributed by atoms with van der Waals surface area (Å²) < 4.78 is 0.379. The summed E-state index contributed by atoms with van der Waals surface area (Å²) in [5, 5.41) is 0. The first-order chi connectivity index (χ1) is 5.27. The fourth-order valence-electron chi connectivity index (χ4n) is 1.01. The van der Waals surface area contributed by atoms with Gasteiger partial charge in [0.15, 0.2) is 0 Å². The van der Waals surface area contributed by atoms with Crippen LogP contribution in [0.5, 0.6) is 0 Å². The predicted octanol–water partition coefficient (Wildman–Crippen LogP) is 3.59. The number of rotatable bonds is 2. The van der Waals surface area contributed by atoms with Gasteiger partial charge in [-0.25, -0.2) is 0 Å². The fourth-order valence-corrected chi connectivity index (χ4v) is 2.54. The van der Waals surface area contributed by atoms with E-state index in [1.165, 1.54) is 0 Å². The zero-order valence-electron chi connectivity index (χ0n) is 9.00. The van der Waals surface area contributed by atoms with E-state index >= 15 is 0 Å². The van der Waals surface area contributed by atoms with E-state index < -0.39 is 11.6 Å². The van der Waals surface area contributed by atoms with Crippen LogP contribution < -0.4 is 0 Å². The van der Waals surface area contributed by atoms with Gasteiger partial charge >= 0.3 is 74.7 Å². The Morgan fingerprint density at radius 1 is 1.21 bits per heavy atom. The first kappa shape index (κ1) is 16.0. The van der Waals surface area contributed by atoms with Gasteiger partial charge in [-0.2, -0.15) is 0 Å². The second kappa shape index (κ2) is 4.36. The van der Waals surface area contributed by atoms with Crippen LogP contribution in [0.2, 0.25) is 23.4 Å². The van der Waals surface area contributed by atoms with E-state index in [1.807, 2.05) is 18.2 Å². The van der Waals surface area contributed by atoms with Gasteiger partial charge in [0.2, 0.25) is 0 Å². The Morgan fingerprint density at radius 2 is 1.71 bits per heavy atom. The third-order valence-electron chi connectivity index (χ3n) is 1.61. The number of hydrogen-bond donors (Lipinski definition) is 0. The van der Waals surface area contributed by atoms with Crippen molar-refractivity contribution in [2.45, 2.75) is 29.9 Å². The molecule has 0 heterocycles. The minimum atomic E-state index is -2.02. The predicted molar refractivity (Wildman–Crippen MR) is 55.3 cm³/mol. The van der Waals surface area contributed by atoms with Gasteiger partial charge in [-0.15, -0.1) is 0 Å². The molecule has 88 valence electrons. The maximum atomic E-state index is 11.9. The molecule has 14 heavy (non-hydrogen) atoms. The zero-order valence-corrected chi connectivity index (χ0v) is 10.0. The molecule has 1 nitrogen and oxygen atoms in total. The molecule has 0 fully saturated rings. The summed E-state index contributed by atoms with van der Waals surface area (Å²) in [5.74, 6) is 8.41. The molecule has 0 radical (unpaired) electrons. The molecule has 0 aromatic heterocycles. The normalized spacial score (nSPS) is 17.1. The molecular weight excluding hydrogens is 233 g/mol. The molecule has 0 atom stereocenters. The Kier molecular flexibility index (Phi) is 4.97. The van der Waals surface area contributed by atoms with Crippen molar-refractivity contribution < 1.29 is 25.8 Å². The van der Waals surface area contributed by atoms with Crippen molar-refractivity contribution in [3.8, 4) is 0 Å². The summed E-state index contributed by atoms with van der Waals surface area (Å²) in [7, 11) is 0. The number of hydrogen-bond acceptors (Lipinski definition) is 1. The quantitative estimate of drug-likeness (QED) is 0.734. The summed E-state index contributed by atoms with van der Waals surface area (Å²) in [6.07, 6.45) is 6.79. The summed E-state index contributed by atoms with van der Waals surface area (Å²) in [6, 6.07) is 0. The topological polar surface area (TPSA) is 17.1 Å². The third-order valence-corrected chi connectivity index (χ3v) is 3.84. The van der Waals surface area contributed by atoms with E-state index in [4.69, 9.17) is 0 Å². The van der Waals surface area contributed by atoms with Crippen LogP contribution in [-0.4, -0.2) is 4.72 Å². The number of carbonyl (C=O) groups is 1. The SMILES string of the molecule is F.F.[CH3][Co]([CH3])([CH3])([CH3])[C](=O)C1=CC=CC1. The molecule has 0 N–H and O–H groups in total. The molecule has 0 saturated carbocycles. The van der Waals surface area contributed by atoms with Gasteiger partial charge in [-0.1, -0.05) is 0 Å². The molecule has 0 aromatic carbocycles. The van der Waals surface area contributed by atoms with Crippen LogP contribution in [0.1, 0.15) is 6.42 Å². The summed E-state index contributed by atoms with van der Waals surface area (Å²) in [5.41, 5.74) is 0.988. The molecule has 0 saturated heterocycles. The Bertz CT molecular complexity index is 275. The molecule has 0 aromatic rings. The Morgan fingerprint density at radius 3 is 2.00 bits per heavy atom. The van der Waals surface area contributed by atoms with Crippen LogP contribution in [0.15, 0.2) is 23.8 Å².